The molecule has 148 valence electrons. The van der Waals surface area contributed by atoms with Crippen molar-refractivity contribution in [1.29, 1.82) is 0 Å². The average molecular weight is 405 g/mol. The highest BCUT2D eigenvalue weighted by Crippen LogP contribution is 2.32. The molecule has 1 aromatic carbocycles. The Labute approximate surface area is 175 Å². The van der Waals surface area contributed by atoms with Gasteiger partial charge >= 0.3 is 0 Å². The summed E-state index contributed by atoms with van der Waals surface area (Å²) in [5.74, 6) is 0.746. The Hall–Kier alpha value is -4.59. The number of nitrogens with one attached hydrogen (secondary N) is 2. The molecule has 0 saturated heterocycles. The molecule has 3 N–H and O–H groups in total. The summed E-state index contributed by atoms with van der Waals surface area (Å²) in [6, 6.07) is 13.5. The molecule has 0 aliphatic carbocycles. The first-order chi connectivity index (χ1) is 15.3. The van der Waals surface area contributed by atoms with E-state index in [4.69, 9.17) is 4.98 Å². The smallest absolute Gasteiger partial charge is 0.159 e. The minimum Gasteiger partial charge on any atom is -0.506 e. The van der Waals surface area contributed by atoms with Crippen LogP contribution < -0.4 is 0 Å². The third kappa shape index (κ3) is 2.89. The van der Waals surface area contributed by atoms with Gasteiger partial charge in [0.2, 0.25) is 0 Å². The molecular weight excluding hydrogens is 390 g/mol. The molecule has 0 saturated carbocycles. The molecule has 0 unspecified atom stereocenters. The molecule has 0 bridgehead atoms. The van der Waals surface area contributed by atoms with E-state index >= 15 is 0 Å². The zero-order valence-electron chi connectivity index (χ0n) is 16.1. The molecule has 0 radical (unpaired) electrons. The van der Waals surface area contributed by atoms with Crippen LogP contribution in [0.15, 0.2) is 73.4 Å². The SMILES string of the molecule is Oc1cncc(-c2cc3c(-c4nc5c(-c6cccnc6)cccc5[nH]4)n[nH]c3cn2)c1. The van der Waals surface area contributed by atoms with Crippen LogP contribution in [0.5, 0.6) is 5.75 Å². The number of aromatic amines is 2. The van der Waals surface area contributed by atoms with Crippen molar-refractivity contribution >= 4 is 21.9 Å². The van der Waals surface area contributed by atoms with Crippen LogP contribution in [0.4, 0.5) is 0 Å². The third-order valence-electron chi connectivity index (χ3n) is 5.18. The molecule has 0 fully saturated rings. The Morgan fingerprint density at radius 3 is 2.65 bits per heavy atom. The normalized spacial score (nSPS) is 11.4. The lowest BCUT2D eigenvalue weighted by Gasteiger charge is -2.01. The topological polar surface area (TPSA) is 116 Å². The van der Waals surface area contributed by atoms with Crippen molar-refractivity contribution in [3.05, 3.63) is 73.4 Å². The number of hydrogen-bond acceptors (Lipinski definition) is 6. The lowest BCUT2D eigenvalue weighted by molar-refractivity contribution is 0.473. The van der Waals surface area contributed by atoms with Crippen molar-refractivity contribution < 1.29 is 5.11 Å². The molecule has 5 heterocycles. The molecule has 0 spiro atoms. The highest BCUT2D eigenvalue weighted by molar-refractivity contribution is 5.97. The lowest BCUT2D eigenvalue weighted by atomic mass is 10.1. The van der Waals surface area contributed by atoms with Crippen LogP contribution in [0.25, 0.3) is 55.8 Å². The fourth-order valence-electron chi connectivity index (χ4n) is 3.72. The average Bonchev–Trinajstić information content (AvgIpc) is 3.43. The van der Waals surface area contributed by atoms with E-state index in [1.807, 2.05) is 42.6 Å². The van der Waals surface area contributed by atoms with Crippen molar-refractivity contribution in [1.82, 2.24) is 35.1 Å². The van der Waals surface area contributed by atoms with E-state index in [2.05, 4.69) is 30.1 Å². The standard InChI is InChI=1S/C23H15N7O/c31-15-7-14(10-25-11-15)19-8-17-20(12-26-19)29-30-22(17)23-27-18-5-1-4-16(21(18)28-23)13-3-2-6-24-9-13/h1-12,31H,(H,27,28)(H,29,30). The van der Waals surface area contributed by atoms with Gasteiger partial charge < -0.3 is 10.1 Å². The monoisotopic (exact) mass is 405 g/mol. The number of hydrogen-bond donors (Lipinski definition) is 3. The molecule has 0 aliphatic heterocycles. The van der Waals surface area contributed by atoms with Crippen LogP contribution in [0.1, 0.15) is 0 Å². The summed E-state index contributed by atoms with van der Waals surface area (Å²) in [6.45, 7) is 0. The van der Waals surface area contributed by atoms with Gasteiger partial charge in [-0.15, -0.1) is 0 Å². The molecule has 8 heteroatoms. The molecule has 0 aliphatic rings. The maximum absolute atomic E-state index is 9.75. The molecular formula is C23H15N7O. The fourth-order valence-corrected chi connectivity index (χ4v) is 3.72. The molecule has 5 aromatic heterocycles. The number of nitrogens with zero attached hydrogens (tertiary/aromatic N) is 5. The molecule has 0 amide bonds. The van der Waals surface area contributed by atoms with Crippen LogP contribution in [0, 0.1) is 0 Å². The van der Waals surface area contributed by atoms with E-state index in [-0.39, 0.29) is 5.75 Å². The summed E-state index contributed by atoms with van der Waals surface area (Å²) < 4.78 is 0. The first-order valence-corrected chi connectivity index (χ1v) is 9.64. The van der Waals surface area contributed by atoms with Gasteiger partial charge in [0, 0.05) is 40.7 Å². The zero-order valence-corrected chi connectivity index (χ0v) is 16.1. The van der Waals surface area contributed by atoms with E-state index in [0.29, 0.717) is 17.2 Å². The van der Waals surface area contributed by atoms with Gasteiger partial charge in [-0.3, -0.25) is 20.1 Å². The Bertz CT molecular complexity index is 1550. The van der Waals surface area contributed by atoms with Gasteiger partial charge in [0.05, 0.1) is 34.6 Å². The predicted molar refractivity (Wildman–Crippen MR) is 117 cm³/mol. The first-order valence-electron chi connectivity index (χ1n) is 9.64. The van der Waals surface area contributed by atoms with Crippen molar-refractivity contribution in [2.75, 3.05) is 0 Å². The number of pyridine rings is 3. The van der Waals surface area contributed by atoms with Crippen molar-refractivity contribution in [3.8, 4) is 39.7 Å². The van der Waals surface area contributed by atoms with Crippen molar-refractivity contribution in [2.24, 2.45) is 0 Å². The summed E-state index contributed by atoms with van der Waals surface area (Å²) in [5, 5.41) is 18.1. The summed E-state index contributed by atoms with van der Waals surface area (Å²) >= 11 is 0. The number of fused-ring (bicyclic) bond motifs is 2. The van der Waals surface area contributed by atoms with Gasteiger partial charge in [-0.25, -0.2) is 4.98 Å². The predicted octanol–water partition coefficient (Wildman–Crippen LogP) is 4.33. The van der Waals surface area contributed by atoms with Crippen molar-refractivity contribution in [3.63, 3.8) is 0 Å². The molecule has 8 nitrogen and oxygen atoms in total. The number of benzene rings is 1. The number of H-pyrrole nitrogens is 2. The minimum absolute atomic E-state index is 0.0898. The summed E-state index contributed by atoms with van der Waals surface area (Å²) in [6.07, 6.45) is 8.35. The first kappa shape index (κ1) is 17.3. The Balaban J connectivity index is 1.51. The number of aromatic nitrogens is 7. The van der Waals surface area contributed by atoms with Crippen LogP contribution >= 0.6 is 0 Å². The van der Waals surface area contributed by atoms with Crippen LogP contribution in [-0.2, 0) is 0 Å². The second-order valence-electron chi connectivity index (χ2n) is 7.15. The van der Waals surface area contributed by atoms with Gasteiger partial charge in [-0.05, 0) is 24.3 Å². The summed E-state index contributed by atoms with van der Waals surface area (Å²) in [7, 11) is 0. The van der Waals surface area contributed by atoms with Gasteiger partial charge in [0.15, 0.2) is 5.82 Å². The maximum Gasteiger partial charge on any atom is 0.159 e. The zero-order chi connectivity index (χ0) is 20.8. The minimum atomic E-state index is 0.0898. The van der Waals surface area contributed by atoms with Crippen LogP contribution in [-0.4, -0.2) is 40.2 Å². The summed E-state index contributed by atoms with van der Waals surface area (Å²) in [4.78, 5) is 21.0. The Morgan fingerprint density at radius 2 is 1.77 bits per heavy atom. The fraction of sp³-hybridized carbons (Fsp3) is 0. The Morgan fingerprint density at radius 1 is 0.839 bits per heavy atom. The highest BCUT2D eigenvalue weighted by atomic mass is 16.3. The molecule has 6 aromatic rings. The van der Waals surface area contributed by atoms with Crippen LogP contribution in [0.2, 0.25) is 0 Å². The largest absolute Gasteiger partial charge is 0.506 e. The highest BCUT2D eigenvalue weighted by Gasteiger charge is 2.16. The number of rotatable bonds is 3. The van der Waals surface area contributed by atoms with E-state index in [9.17, 15) is 5.11 Å². The summed E-state index contributed by atoms with van der Waals surface area (Å²) in [5.41, 5.74) is 6.66. The van der Waals surface area contributed by atoms with E-state index in [1.165, 1.54) is 6.20 Å². The quantitative estimate of drug-likeness (QED) is 0.403. The van der Waals surface area contributed by atoms with E-state index in [0.717, 1.165) is 38.6 Å². The number of para-hydroxylation sites is 1. The third-order valence-corrected chi connectivity index (χ3v) is 5.18. The number of aromatic hydroxyl groups is 1. The second-order valence-corrected chi connectivity index (χ2v) is 7.15. The Kier molecular flexibility index (Phi) is 3.76. The lowest BCUT2D eigenvalue weighted by Crippen LogP contribution is -1.86. The van der Waals surface area contributed by atoms with E-state index < -0.39 is 0 Å². The molecule has 31 heavy (non-hydrogen) atoms. The maximum atomic E-state index is 9.75. The number of imidazole rings is 1. The molecule has 0 atom stereocenters. The van der Waals surface area contributed by atoms with Gasteiger partial charge in [0.1, 0.15) is 11.4 Å². The van der Waals surface area contributed by atoms with Crippen LogP contribution in [0.3, 0.4) is 0 Å². The van der Waals surface area contributed by atoms with Gasteiger partial charge in [-0.2, -0.15) is 5.10 Å². The van der Waals surface area contributed by atoms with E-state index in [1.54, 1.807) is 24.7 Å². The second kappa shape index (κ2) is 6.74. The molecule has 6 rings (SSSR count). The van der Waals surface area contributed by atoms with Crippen molar-refractivity contribution in [2.45, 2.75) is 0 Å². The van der Waals surface area contributed by atoms with Gasteiger partial charge in [-0.1, -0.05) is 18.2 Å². The van der Waals surface area contributed by atoms with Gasteiger partial charge in [0.25, 0.3) is 0 Å².